The van der Waals surface area contributed by atoms with Crippen molar-refractivity contribution in [1.82, 2.24) is 0 Å². The zero-order valence-corrected chi connectivity index (χ0v) is 12.3. The van der Waals surface area contributed by atoms with Crippen molar-refractivity contribution in [3.8, 4) is 11.5 Å². The lowest BCUT2D eigenvalue weighted by atomic mass is 10.0. The Bertz CT molecular complexity index is 740. The van der Waals surface area contributed by atoms with Gasteiger partial charge >= 0.3 is 0 Å². The summed E-state index contributed by atoms with van der Waals surface area (Å²) < 4.78 is 10.9. The minimum Gasteiger partial charge on any atom is -0.497 e. The van der Waals surface area contributed by atoms with Crippen LogP contribution in [0.1, 0.15) is 27.0 Å². The SMILES string of the molecule is COc1ccc(/C=C2/Oc3c(C)ccc(C)c3C2=O)cc1. The van der Waals surface area contributed by atoms with E-state index in [1.165, 1.54) is 0 Å². The van der Waals surface area contributed by atoms with Gasteiger partial charge in [0.25, 0.3) is 0 Å². The van der Waals surface area contributed by atoms with Gasteiger partial charge in [-0.2, -0.15) is 0 Å². The van der Waals surface area contributed by atoms with E-state index in [0.29, 0.717) is 17.1 Å². The molecule has 0 bridgehead atoms. The number of fused-ring (bicyclic) bond motifs is 1. The summed E-state index contributed by atoms with van der Waals surface area (Å²) in [7, 11) is 1.62. The Kier molecular flexibility index (Phi) is 3.26. The maximum atomic E-state index is 12.5. The van der Waals surface area contributed by atoms with Crippen LogP contribution in [0.4, 0.5) is 0 Å². The van der Waals surface area contributed by atoms with Gasteiger partial charge in [-0.1, -0.05) is 24.3 Å². The normalized spacial score (nSPS) is 15.0. The summed E-state index contributed by atoms with van der Waals surface area (Å²) in [6.45, 7) is 3.87. The molecule has 0 aliphatic carbocycles. The summed E-state index contributed by atoms with van der Waals surface area (Å²) in [5.74, 6) is 1.78. The third-order valence-corrected chi connectivity index (χ3v) is 3.64. The van der Waals surface area contributed by atoms with Crippen molar-refractivity contribution in [3.63, 3.8) is 0 Å². The number of ketones is 1. The summed E-state index contributed by atoms with van der Waals surface area (Å²) in [5.41, 5.74) is 3.50. The molecule has 0 fully saturated rings. The quantitative estimate of drug-likeness (QED) is 0.782. The molecule has 0 saturated heterocycles. The molecular formula is C18H16O3. The molecule has 0 unspecified atom stereocenters. The molecule has 0 radical (unpaired) electrons. The Morgan fingerprint density at radius 2 is 1.67 bits per heavy atom. The number of rotatable bonds is 2. The van der Waals surface area contributed by atoms with Crippen LogP contribution in [0.3, 0.4) is 0 Å². The molecule has 1 aliphatic rings. The van der Waals surface area contributed by atoms with Gasteiger partial charge in [0.1, 0.15) is 11.5 Å². The smallest absolute Gasteiger partial charge is 0.232 e. The van der Waals surface area contributed by atoms with Crippen LogP contribution in [-0.2, 0) is 0 Å². The van der Waals surface area contributed by atoms with Gasteiger partial charge in [0.15, 0.2) is 5.76 Å². The number of carbonyl (C=O) groups is 1. The molecule has 0 atom stereocenters. The molecule has 1 aliphatic heterocycles. The molecule has 2 aromatic carbocycles. The molecule has 2 aromatic rings. The average Bonchev–Trinajstić information content (AvgIpc) is 2.82. The first kappa shape index (κ1) is 13.4. The van der Waals surface area contributed by atoms with Gasteiger partial charge in [0.2, 0.25) is 5.78 Å². The number of benzene rings is 2. The number of hydrogen-bond acceptors (Lipinski definition) is 3. The lowest BCUT2D eigenvalue weighted by Gasteiger charge is -2.03. The first-order chi connectivity index (χ1) is 10.1. The van der Waals surface area contributed by atoms with Crippen molar-refractivity contribution in [3.05, 3.63) is 64.4 Å². The predicted octanol–water partition coefficient (Wildman–Crippen LogP) is 3.93. The van der Waals surface area contributed by atoms with Gasteiger partial charge in [-0.25, -0.2) is 0 Å². The van der Waals surface area contributed by atoms with E-state index in [4.69, 9.17) is 9.47 Å². The number of ether oxygens (including phenoxy) is 2. The third-order valence-electron chi connectivity index (χ3n) is 3.64. The second kappa shape index (κ2) is 5.09. The molecule has 0 N–H and O–H groups in total. The van der Waals surface area contributed by atoms with Crippen molar-refractivity contribution in [1.29, 1.82) is 0 Å². The molecule has 21 heavy (non-hydrogen) atoms. The minimum absolute atomic E-state index is 0.0537. The summed E-state index contributed by atoms with van der Waals surface area (Å²) in [5, 5.41) is 0. The lowest BCUT2D eigenvalue weighted by molar-refractivity contribution is 0.101. The number of hydrogen-bond donors (Lipinski definition) is 0. The molecular weight excluding hydrogens is 264 g/mol. The first-order valence-corrected chi connectivity index (χ1v) is 6.78. The summed E-state index contributed by atoms with van der Waals surface area (Å²) in [4.78, 5) is 12.5. The molecule has 3 rings (SSSR count). The van der Waals surface area contributed by atoms with Crippen LogP contribution in [0.15, 0.2) is 42.2 Å². The molecule has 3 nitrogen and oxygen atoms in total. The molecule has 0 saturated carbocycles. The van der Waals surface area contributed by atoms with E-state index in [0.717, 1.165) is 22.4 Å². The standard InChI is InChI=1S/C18H16O3/c1-11-4-5-12(2)18-16(11)17(19)15(21-18)10-13-6-8-14(20-3)9-7-13/h4-10H,1-3H3/b15-10+. The number of carbonyl (C=O) groups excluding carboxylic acids is 1. The Labute approximate surface area is 123 Å². The van der Waals surface area contributed by atoms with Gasteiger partial charge in [-0.05, 0) is 48.7 Å². The Balaban J connectivity index is 1.98. The largest absolute Gasteiger partial charge is 0.497 e. The van der Waals surface area contributed by atoms with Gasteiger partial charge < -0.3 is 9.47 Å². The van der Waals surface area contributed by atoms with Crippen molar-refractivity contribution in [2.24, 2.45) is 0 Å². The van der Waals surface area contributed by atoms with E-state index in [-0.39, 0.29) is 5.78 Å². The number of methoxy groups -OCH3 is 1. The zero-order valence-electron chi connectivity index (χ0n) is 12.3. The molecule has 3 heteroatoms. The Hall–Kier alpha value is -2.55. The Morgan fingerprint density at radius 3 is 2.29 bits per heavy atom. The minimum atomic E-state index is -0.0537. The van der Waals surface area contributed by atoms with Crippen LogP contribution in [-0.4, -0.2) is 12.9 Å². The van der Waals surface area contributed by atoms with Crippen LogP contribution in [0.5, 0.6) is 11.5 Å². The van der Waals surface area contributed by atoms with E-state index < -0.39 is 0 Å². The first-order valence-electron chi connectivity index (χ1n) is 6.78. The van der Waals surface area contributed by atoms with Crippen LogP contribution in [0.25, 0.3) is 6.08 Å². The average molecular weight is 280 g/mol. The van der Waals surface area contributed by atoms with Gasteiger partial charge in [-0.15, -0.1) is 0 Å². The second-order valence-electron chi connectivity index (χ2n) is 5.12. The van der Waals surface area contributed by atoms with Crippen molar-refractivity contribution >= 4 is 11.9 Å². The summed E-state index contributed by atoms with van der Waals surface area (Å²) in [6, 6.07) is 11.4. The fraction of sp³-hybridized carbons (Fsp3) is 0.167. The molecule has 0 spiro atoms. The van der Waals surface area contributed by atoms with Crippen LogP contribution >= 0.6 is 0 Å². The van der Waals surface area contributed by atoms with Gasteiger partial charge in [0.05, 0.1) is 12.7 Å². The number of Topliss-reactive ketones (excluding diaryl/α,β-unsaturated/α-hetero) is 1. The fourth-order valence-corrected chi connectivity index (χ4v) is 2.43. The highest BCUT2D eigenvalue weighted by Gasteiger charge is 2.30. The van der Waals surface area contributed by atoms with E-state index in [9.17, 15) is 4.79 Å². The predicted molar refractivity (Wildman–Crippen MR) is 81.8 cm³/mol. The molecule has 1 heterocycles. The highest BCUT2D eigenvalue weighted by molar-refractivity contribution is 6.15. The summed E-state index contributed by atoms with van der Waals surface area (Å²) in [6.07, 6.45) is 1.76. The van der Waals surface area contributed by atoms with Crippen molar-refractivity contribution < 1.29 is 14.3 Å². The Morgan fingerprint density at radius 1 is 1.00 bits per heavy atom. The monoisotopic (exact) mass is 280 g/mol. The van der Waals surface area contributed by atoms with Crippen molar-refractivity contribution in [2.75, 3.05) is 7.11 Å². The lowest BCUT2D eigenvalue weighted by Crippen LogP contribution is -1.99. The fourth-order valence-electron chi connectivity index (χ4n) is 2.43. The van der Waals surface area contributed by atoms with Crippen LogP contribution in [0, 0.1) is 13.8 Å². The molecule has 0 amide bonds. The maximum absolute atomic E-state index is 12.5. The highest BCUT2D eigenvalue weighted by atomic mass is 16.5. The zero-order chi connectivity index (χ0) is 15.0. The third kappa shape index (κ3) is 2.31. The van der Waals surface area contributed by atoms with Gasteiger partial charge in [0, 0.05) is 0 Å². The van der Waals surface area contributed by atoms with E-state index in [2.05, 4.69) is 0 Å². The van der Waals surface area contributed by atoms with E-state index >= 15 is 0 Å². The summed E-state index contributed by atoms with van der Waals surface area (Å²) >= 11 is 0. The molecule has 0 aromatic heterocycles. The van der Waals surface area contributed by atoms with Crippen LogP contribution in [0.2, 0.25) is 0 Å². The van der Waals surface area contributed by atoms with Crippen LogP contribution < -0.4 is 9.47 Å². The van der Waals surface area contributed by atoms with Gasteiger partial charge in [-0.3, -0.25) is 4.79 Å². The van der Waals surface area contributed by atoms with Crippen molar-refractivity contribution in [2.45, 2.75) is 13.8 Å². The topological polar surface area (TPSA) is 35.5 Å². The second-order valence-corrected chi connectivity index (χ2v) is 5.12. The molecule has 106 valence electrons. The number of aryl methyl sites for hydroxylation is 2. The maximum Gasteiger partial charge on any atom is 0.232 e. The van der Waals surface area contributed by atoms with E-state index in [1.54, 1.807) is 13.2 Å². The van der Waals surface area contributed by atoms with E-state index in [1.807, 2.05) is 50.2 Å². The number of allylic oxidation sites excluding steroid dienone is 1. The highest BCUT2D eigenvalue weighted by Crippen LogP contribution is 2.36.